The number of ether oxygens (including phenoxy) is 1. The molecule has 0 bridgehead atoms. The number of hydrogen-bond acceptors (Lipinski definition) is 3. The van der Waals surface area contributed by atoms with Crippen molar-refractivity contribution in [1.82, 2.24) is 15.3 Å². The van der Waals surface area contributed by atoms with Gasteiger partial charge in [0.15, 0.2) is 0 Å². The predicted octanol–water partition coefficient (Wildman–Crippen LogP) is 2.86. The Labute approximate surface area is 113 Å². The van der Waals surface area contributed by atoms with E-state index in [1.807, 2.05) is 24.3 Å². The second-order valence-electron chi connectivity index (χ2n) is 5.20. The van der Waals surface area contributed by atoms with E-state index in [-0.39, 0.29) is 0 Å². The van der Waals surface area contributed by atoms with E-state index in [0.717, 1.165) is 24.1 Å². The third kappa shape index (κ3) is 3.26. The number of para-hydroxylation sites is 2. The van der Waals surface area contributed by atoms with Gasteiger partial charge in [-0.05, 0) is 44.4 Å². The maximum absolute atomic E-state index is 5.69. The van der Waals surface area contributed by atoms with Gasteiger partial charge in [0.1, 0.15) is 0 Å². The van der Waals surface area contributed by atoms with Crippen molar-refractivity contribution in [2.24, 2.45) is 0 Å². The first-order chi connectivity index (χ1) is 9.42. The zero-order valence-electron chi connectivity index (χ0n) is 11.2. The number of imidazole rings is 1. The summed E-state index contributed by atoms with van der Waals surface area (Å²) in [4.78, 5) is 7.59. The molecule has 102 valence electrons. The van der Waals surface area contributed by atoms with E-state index >= 15 is 0 Å². The third-order valence-corrected chi connectivity index (χ3v) is 3.72. The molecule has 0 spiro atoms. The number of fused-ring (bicyclic) bond motifs is 1. The van der Waals surface area contributed by atoms with Gasteiger partial charge in [-0.15, -0.1) is 0 Å². The van der Waals surface area contributed by atoms with E-state index in [9.17, 15) is 0 Å². The number of rotatable bonds is 5. The van der Waals surface area contributed by atoms with E-state index in [2.05, 4.69) is 15.3 Å². The summed E-state index contributed by atoms with van der Waals surface area (Å²) in [7, 11) is 0. The molecule has 1 aliphatic rings. The highest BCUT2D eigenvalue weighted by Crippen LogP contribution is 2.16. The summed E-state index contributed by atoms with van der Waals surface area (Å²) in [6, 6.07) is 9.32. The largest absolute Gasteiger partial charge is 0.465 e. The molecular weight excluding hydrogens is 238 g/mol. The topological polar surface area (TPSA) is 49.9 Å². The van der Waals surface area contributed by atoms with Gasteiger partial charge < -0.3 is 15.0 Å². The van der Waals surface area contributed by atoms with Crippen LogP contribution in [0.25, 0.3) is 11.0 Å². The average molecular weight is 259 g/mol. The summed E-state index contributed by atoms with van der Waals surface area (Å²) in [6.45, 7) is 1.91. The Hall–Kier alpha value is -1.55. The Balaban J connectivity index is 1.44. The molecule has 1 fully saturated rings. The number of H-pyrrole nitrogens is 1. The van der Waals surface area contributed by atoms with Gasteiger partial charge in [0, 0.05) is 6.04 Å². The van der Waals surface area contributed by atoms with Gasteiger partial charge in [-0.2, -0.15) is 4.98 Å². The summed E-state index contributed by atoms with van der Waals surface area (Å²) < 4.78 is 5.69. The molecule has 1 aromatic heterocycles. The molecule has 1 saturated heterocycles. The lowest BCUT2D eigenvalue weighted by atomic mass is 10.0. The van der Waals surface area contributed by atoms with Crippen LogP contribution in [0.15, 0.2) is 24.3 Å². The molecule has 0 aliphatic carbocycles. The number of piperidine rings is 1. The minimum absolute atomic E-state index is 0.637. The Bertz CT molecular complexity index is 484. The Kier molecular flexibility index (Phi) is 3.98. The first-order valence-electron chi connectivity index (χ1n) is 7.23. The van der Waals surface area contributed by atoms with Crippen LogP contribution >= 0.6 is 0 Å². The molecule has 1 atom stereocenters. The Morgan fingerprint density at radius 2 is 2.21 bits per heavy atom. The molecule has 0 unspecified atom stereocenters. The fourth-order valence-electron chi connectivity index (χ4n) is 2.67. The fourth-order valence-corrected chi connectivity index (χ4v) is 2.67. The van der Waals surface area contributed by atoms with Crippen LogP contribution < -0.4 is 10.1 Å². The molecule has 19 heavy (non-hydrogen) atoms. The first-order valence-corrected chi connectivity index (χ1v) is 7.23. The van der Waals surface area contributed by atoms with Crippen LogP contribution in [0.5, 0.6) is 6.01 Å². The molecule has 4 heteroatoms. The molecule has 2 N–H and O–H groups in total. The smallest absolute Gasteiger partial charge is 0.294 e. The SMILES string of the molecule is c1ccc2[nH]c(OCCC[C@H]3CCCCN3)nc2c1. The number of benzene rings is 1. The highest BCUT2D eigenvalue weighted by molar-refractivity contribution is 5.75. The van der Waals surface area contributed by atoms with E-state index < -0.39 is 0 Å². The molecule has 4 nitrogen and oxygen atoms in total. The van der Waals surface area contributed by atoms with Crippen LogP contribution in [0.4, 0.5) is 0 Å². The van der Waals surface area contributed by atoms with Crippen molar-refractivity contribution in [2.75, 3.05) is 13.2 Å². The van der Waals surface area contributed by atoms with Crippen LogP contribution in [0.3, 0.4) is 0 Å². The van der Waals surface area contributed by atoms with E-state index in [4.69, 9.17) is 4.74 Å². The number of nitrogens with one attached hydrogen (secondary N) is 2. The highest BCUT2D eigenvalue weighted by Gasteiger charge is 2.11. The zero-order valence-corrected chi connectivity index (χ0v) is 11.2. The second kappa shape index (κ2) is 6.06. The normalized spacial score (nSPS) is 19.7. The predicted molar refractivity (Wildman–Crippen MR) is 76.5 cm³/mol. The third-order valence-electron chi connectivity index (χ3n) is 3.72. The standard InChI is InChI=1S/C15H21N3O/c1-2-9-14-13(8-1)17-15(18-14)19-11-5-7-12-6-3-4-10-16-12/h1-2,8-9,12,16H,3-7,10-11H2,(H,17,18)/t12-/m1/s1. The van der Waals surface area contributed by atoms with Gasteiger partial charge in [0.25, 0.3) is 6.01 Å². The quantitative estimate of drug-likeness (QED) is 0.812. The van der Waals surface area contributed by atoms with Gasteiger partial charge >= 0.3 is 0 Å². The summed E-state index contributed by atoms with van der Waals surface area (Å²) in [6.07, 6.45) is 6.27. The molecule has 1 aliphatic heterocycles. The van der Waals surface area contributed by atoms with Gasteiger partial charge in [0.2, 0.25) is 0 Å². The van der Waals surface area contributed by atoms with Gasteiger partial charge in [-0.3, -0.25) is 0 Å². The van der Waals surface area contributed by atoms with Crippen molar-refractivity contribution in [3.8, 4) is 6.01 Å². The Morgan fingerprint density at radius 3 is 3.05 bits per heavy atom. The maximum atomic E-state index is 5.69. The van der Waals surface area contributed by atoms with Crippen molar-refractivity contribution in [3.63, 3.8) is 0 Å². The van der Waals surface area contributed by atoms with Crippen LogP contribution in [0.1, 0.15) is 32.1 Å². The summed E-state index contributed by atoms with van der Waals surface area (Å²) >= 11 is 0. The maximum Gasteiger partial charge on any atom is 0.294 e. The number of aromatic nitrogens is 2. The summed E-state index contributed by atoms with van der Waals surface area (Å²) in [5.41, 5.74) is 2.00. The van der Waals surface area contributed by atoms with Crippen molar-refractivity contribution in [2.45, 2.75) is 38.1 Å². The van der Waals surface area contributed by atoms with Crippen molar-refractivity contribution >= 4 is 11.0 Å². The lowest BCUT2D eigenvalue weighted by Crippen LogP contribution is -2.34. The monoisotopic (exact) mass is 259 g/mol. The van der Waals surface area contributed by atoms with E-state index in [1.165, 1.54) is 32.2 Å². The molecule has 2 aromatic rings. The van der Waals surface area contributed by atoms with Gasteiger partial charge in [0.05, 0.1) is 17.6 Å². The van der Waals surface area contributed by atoms with Crippen molar-refractivity contribution in [3.05, 3.63) is 24.3 Å². The molecule has 3 rings (SSSR count). The average Bonchev–Trinajstić information content (AvgIpc) is 2.87. The second-order valence-corrected chi connectivity index (χ2v) is 5.20. The number of aromatic amines is 1. The van der Waals surface area contributed by atoms with Gasteiger partial charge in [-0.1, -0.05) is 18.6 Å². The highest BCUT2D eigenvalue weighted by atomic mass is 16.5. The lowest BCUT2D eigenvalue weighted by molar-refractivity contribution is 0.270. The molecule has 2 heterocycles. The first kappa shape index (κ1) is 12.5. The van der Waals surface area contributed by atoms with E-state index in [1.54, 1.807) is 0 Å². The van der Waals surface area contributed by atoms with E-state index in [0.29, 0.717) is 12.1 Å². The van der Waals surface area contributed by atoms with Gasteiger partial charge in [-0.25, -0.2) is 0 Å². The minimum Gasteiger partial charge on any atom is -0.465 e. The van der Waals surface area contributed by atoms with Crippen LogP contribution in [-0.4, -0.2) is 29.2 Å². The molecule has 0 radical (unpaired) electrons. The molecule has 0 saturated carbocycles. The summed E-state index contributed by atoms with van der Waals surface area (Å²) in [5.74, 6) is 0. The number of nitrogens with zero attached hydrogens (tertiary/aromatic N) is 1. The lowest BCUT2D eigenvalue weighted by Gasteiger charge is -2.23. The van der Waals surface area contributed by atoms with Crippen LogP contribution in [-0.2, 0) is 0 Å². The van der Waals surface area contributed by atoms with Crippen LogP contribution in [0, 0.1) is 0 Å². The van der Waals surface area contributed by atoms with Crippen molar-refractivity contribution < 1.29 is 4.74 Å². The molecular formula is C15H21N3O. The minimum atomic E-state index is 0.637. The van der Waals surface area contributed by atoms with Crippen LogP contribution in [0.2, 0.25) is 0 Å². The van der Waals surface area contributed by atoms with Crippen molar-refractivity contribution in [1.29, 1.82) is 0 Å². The zero-order chi connectivity index (χ0) is 12.9. The number of hydrogen-bond donors (Lipinski definition) is 2. The Morgan fingerprint density at radius 1 is 1.26 bits per heavy atom. The molecule has 0 amide bonds. The molecule has 1 aromatic carbocycles. The fraction of sp³-hybridized carbons (Fsp3) is 0.533. The summed E-state index contributed by atoms with van der Waals surface area (Å²) in [5, 5.41) is 3.56.